The summed E-state index contributed by atoms with van der Waals surface area (Å²) in [5, 5.41) is 6.04. The van der Waals surface area contributed by atoms with Crippen LogP contribution in [0.2, 0.25) is 0 Å². The van der Waals surface area contributed by atoms with Gasteiger partial charge in [0.25, 0.3) is 11.1 Å². The minimum atomic E-state index is -0.222. The van der Waals surface area contributed by atoms with E-state index in [1.54, 1.807) is 18.2 Å². The zero-order chi connectivity index (χ0) is 16.9. The first-order chi connectivity index (χ1) is 11.6. The Morgan fingerprint density at radius 3 is 2.88 bits per heavy atom. The number of benzene rings is 1. The van der Waals surface area contributed by atoms with Gasteiger partial charge in [-0.2, -0.15) is 0 Å². The van der Waals surface area contributed by atoms with Crippen LogP contribution in [-0.4, -0.2) is 47.3 Å². The fraction of sp³-hybridized carbons (Fsp3) is 0.471. The molecule has 2 aliphatic rings. The van der Waals surface area contributed by atoms with Gasteiger partial charge in [0.15, 0.2) is 0 Å². The molecule has 0 saturated carbocycles. The molecule has 2 heterocycles. The third-order valence-corrected chi connectivity index (χ3v) is 5.23. The average Bonchev–Trinajstić information content (AvgIpc) is 3.20. The summed E-state index contributed by atoms with van der Waals surface area (Å²) in [4.78, 5) is 36.8. The quantitative estimate of drug-likeness (QED) is 0.785. The molecule has 1 atom stereocenters. The monoisotopic (exact) mass is 383 g/mol. The fourth-order valence-corrected chi connectivity index (χ4v) is 3.71. The Bertz CT molecular complexity index is 634. The van der Waals surface area contributed by atoms with Crippen molar-refractivity contribution in [1.29, 1.82) is 0 Å². The molecule has 2 N–H and O–H groups in total. The van der Waals surface area contributed by atoms with E-state index in [-0.39, 0.29) is 41.8 Å². The molecular weight excluding hydrogens is 362 g/mol. The molecule has 1 aromatic rings. The molecular formula is C17H22ClN3O3S. The van der Waals surface area contributed by atoms with Crippen LogP contribution in [0.1, 0.15) is 28.8 Å². The lowest BCUT2D eigenvalue weighted by Gasteiger charge is -2.14. The summed E-state index contributed by atoms with van der Waals surface area (Å²) in [7, 11) is 0. The molecule has 3 amide bonds. The molecule has 25 heavy (non-hydrogen) atoms. The van der Waals surface area contributed by atoms with Crippen LogP contribution >= 0.6 is 24.2 Å². The van der Waals surface area contributed by atoms with Crippen LogP contribution in [0.25, 0.3) is 0 Å². The number of hydrogen-bond donors (Lipinski definition) is 2. The molecule has 6 nitrogen and oxygen atoms in total. The van der Waals surface area contributed by atoms with Crippen molar-refractivity contribution in [2.45, 2.75) is 19.4 Å². The second kappa shape index (κ2) is 9.22. The molecule has 0 bridgehead atoms. The Hall–Kier alpha value is -1.57. The van der Waals surface area contributed by atoms with Gasteiger partial charge in [0.05, 0.1) is 12.3 Å². The largest absolute Gasteiger partial charge is 0.352 e. The van der Waals surface area contributed by atoms with Crippen LogP contribution in [0.5, 0.6) is 0 Å². The van der Waals surface area contributed by atoms with E-state index in [1.165, 1.54) is 11.3 Å². The fourth-order valence-electron chi connectivity index (χ4n) is 2.98. The smallest absolute Gasteiger partial charge is 0.289 e. The zero-order valence-electron chi connectivity index (χ0n) is 13.8. The molecule has 2 aliphatic heterocycles. The topological polar surface area (TPSA) is 78.5 Å². The third kappa shape index (κ3) is 5.20. The number of nitrogens with one attached hydrogen (secondary N) is 2. The first kappa shape index (κ1) is 19.8. The molecule has 0 radical (unpaired) electrons. The summed E-state index contributed by atoms with van der Waals surface area (Å²) in [5.41, 5.74) is 1.34. The van der Waals surface area contributed by atoms with Crippen molar-refractivity contribution in [2.24, 2.45) is 5.92 Å². The van der Waals surface area contributed by atoms with Gasteiger partial charge in [0.1, 0.15) is 0 Å². The number of carbonyl (C=O) groups excluding carboxylic acids is 3. The molecule has 3 rings (SSSR count). The number of nitrogens with zero attached hydrogens (tertiary/aromatic N) is 1. The van der Waals surface area contributed by atoms with E-state index in [0.29, 0.717) is 18.0 Å². The average molecular weight is 384 g/mol. The van der Waals surface area contributed by atoms with Gasteiger partial charge >= 0.3 is 0 Å². The normalized spacial score (nSPS) is 19.8. The van der Waals surface area contributed by atoms with Gasteiger partial charge in [-0.15, -0.1) is 12.4 Å². The summed E-state index contributed by atoms with van der Waals surface area (Å²) in [6, 6.07) is 7.10. The highest BCUT2D eigenvalue weighted by molar-refractivity contribution is 8.14. The molecule has 0 aromatic heterocycles. The number of thioether (sulfide) groups is 1. The Morgan fingerprint density at radius 2 is 2.20 bits per heavy atom. The van der Waals surface area contributed by atoms with Gasteiger partial charge in [-0.25, -0.2) is 0 Å². The number of halogens is 1. The van der Waals surface area contributed by atoms with E-state index in [2.05, 4.69) is 10.6 Å². The van der Waals surface area contributed by atoms with Crippen molar-refractivity contribution in [3.8, 4) is 0 Å². The van der Waals surface area contributed by atoms with Gasteiger partial charge in [0.2, 0.25) is 5.91 Å². The number of hydrogen-bond acceptors (Lipinski definition) is 5. The molecule has 0 aliphatic carbocycles. The lowest BCUT2D eigenvalue weighted by atomic mass is 10.1. The minimum Gasteiger partial charge on any atom is -0.352 e. The summed E-state index contributed by atoms with van der Waals surface area (Å²) in [6.07, 6.45) is 2.15. The van der Waals surface area contributed by atoms with Crippen molar-refractivity contribution >= 4 is 41.2 Å². The van der Waals surface area contributed by atoms with Crippen LogP contribution in [-0.2, 0) is 11.3 Å². The van der Waals surface area contributed by atoms with E-state index >= 15 is 0 Å². The van der Waals surface area contributed by atoms with E-state index in [1.807, 2.05) is 6.07 Å². The SMILES string of the molecule is Cl.O=C(NCCC1CCNC1)c1cccc(CN2C(=O)CSC2=O)c1. The molecule has 8 heteroatoms. The third-order valence-electron chi connectivity index (χ3n) is 4.37. The van der Waals surface area contributed by atoms with E-state index in [9.17, 15) is 14.4 Å². The number of amides is 3. The van der Waals surface area contributed by atoms with Gasteiger partial charge in [-0.1, -0.05) is 23.9 Å². The molecule has 2 saturated heterocycles. The number of imide groups is 1. The van der Waals surface area contributed by atoms with Crippen LogP contribution in [0, 0.1) is 5.92 Å². The Balaban J connectivity index is 0.00000225. The molecule has 1 aromatic carbocycles. The summed E-state index contributed by atoms with van der Waals surface area (Å²) >= 11 is 1.02. The van der Waals surface area contributed by atoms with Gasteiger partial charge in [-0.05, 0) is 49.5 Å². The summed E-state index contributed by atoms with van der Waals surface area (Å²) < 4.78 is 0. The maximum absolute atomic E-state index is 12.3. The highest BCUT2D eigenvalue weighted by atomic mass is 35.5. The molecule has 0 spiro atoms. The van der Waals surface area contributed by atoms with Gasteiger partial charge in [0, 0.05) is 12.1 Å². The van der Waals surface area contributed by atoms with E-state index in [4.69, 9.17) is 0 Å². The van der Waals surface area contributed by atoms with Crippen molar-refractivity contribution in [3.63, 3.8) is 0 Å². The lowest BCUT2D eigenvalue weighted by molar-refractivity contribution is -0.125. The molecule has 1 unspecified atom stereocenters. The lowest BCUT2D eigenvalue weighted by Crippen LogP contribution is -2.28. The van der Waals surface area contributed by atoms with Crippen molar-refractivity contribution in [2.75, 3.05) is 25.4 Å². The number of carbonyl (C=O) groups is 3. The Kier molecular flexibility index (Phi) is 7.28. The summed E-state index contributed by atoms with van der Waals surface area (Å²) in [6.45, 7) is 2.98. The summed E-state index contributed by atoms with van der Waals surface area (Å²) in [5.74, 6) is 0.553. The number of rotatable bonds is 6. The Labute approximate surface area is 157 Å². The van der Waals surface area contributed by atoms with Gasteiger partial charge in [-0.3, -0.25) is 19.3 Å². The Morgan fingerprint density at radius 1 is 1.36 bits per heavy atom. The zero-order valence-corrected chi connectivity index (χ0v) is 15.5. The van der Waals surface area contributed by atoms with Crippen LogP contribution in [0.3, 0.4) is 0 Å². The van der Waals surface area contributed by atoms with Crippen molar-refractivity contribution < 1.29 is 14.4 Å². The van der Waals surface area contributed by atoms with E-state index < -0.39 is 0 Å². The second-order valence-corrected chi connectivity index (χ2v) is 7.06. The standard InChI is InChI=1S/C17H21N3O3S.ClH/c21-15-11-24-17(23)20(15)10-13-2-1-3-14(8-13)16(22)19-7-5-12-4-6-18-9-12;/h1-3,8,12,18H,4-7,9-11H2,(H,19,22);1H. The highest BCUT2D eigenvalue weighted by Crippen LogP contribution is 2.21. The highest BCUT2D eigenvalue weighted by Gasteiger charge is 2.29. The minimum absolute atomic E-state index is 0. The maximum Gasteiger partial charge on any atom is 0.289 e. The van der Waals surface area contributed by atoms with Crippen LogP contribution in [0.15, 0.2) is 24.3 Å². The maximum atomic E-state index is 12.3. The molecule has 136 valence electrons. The molecule has 2 fully saturated rings. The first-order valence-corrected chi connectivity index (χ1v) is 9.17. The van der Waals surface area contributed by atoms with E-state index in [0.717, 1.165) is 36.8 Å². The van der Waals surface area contributed by atoms with Crippen molar-refractivity contribution in [1.82, 2.24) is 15.5 Å². The predicted octanol–water partition coefficient (Wildman–Crippen LogP) is 2.03. The first-order valence-electron chi connectivity index (χ1n) is 8.18. The van der Waals surface area contributed by atoms with Crippen LogP contribution in [0.4, 0.5) is 4.79 Å². The van der Waals surface area contributed by atoms with Crippen molar-refractivity contribution in [3.05, 3.63) is 35.4 Å². The van der Waals surface area contributed by atoms with Gasteiger partial charge < -0.3 is 10.6 Å². The van der Waals surface area contributed by atoms with Crippen LogP contribution < -0.4 is 10.6 Å². The predicted molar refractivity (Wildman–Crippen MR) is 100 cm³/mol. The second-order valence-electron chi connectivity index (χ2n) is 6.14.